The molecule has 0 aromatic heterocycles. The predicted molar refractivity (Wildman–Crippen MR) is 105 cm³/mol. The average molecular weight is 405 g/mol. The van der Waals surface area contributed by atoms with Crippen LogP contribution in [0.25, 0.3) is 0 Å². The van der Waals surface area contributed by atoms with Crippen LogP contribution in [0.2, 0.25) is 5.02 Å². The van der Waals surface area contributed by atoms with Crippen LogP contribution in [0.4, 0.5) is 0 Å². The lowest BCUT2D eigenvalue weighted by atomic mass is 9.77. The van der Waals surface area contributed by atoms with Gasteiger partial charge in [0.25, 0.3) is 0 Å². The largest absolute Gasteiger partial charge is 0.382 e. The van der Waals surface area contributed by atoms with Crippen LogP contribution >= 0.6 is 11.6 Å². The van der Waals surface area contributed by atoms with Crippen LogP contribution in [0.15, 0.2) is 36.4 Å². The third-order valence-corrected chi connectivity index (χ3v) is 6.14. The van der Waals surface area contributed by atoms with Crippen LogP contribution in [-0.4, -0.2) is 54.7 Å². The Labute approximate surface area is 169 Å². The monoisotopic (exact) mass is 404 g/mol. The van der Waals surface area contributed by atoms with Gasteiger partial charge < -0.3 is 19.7 Å². The molecule has 1 aromatic rings. The van der Waals surface area contributed by atoms with Crippen LogP contribution < -0.4 is 5.32 Å². The van der Waals surface area contributed by atoms with Crippen molar-refractivity contribution in [2.45, 2.75) is 31.6 Å². The quantitative estimate of drug-likeness (QED) is 0.532. The topological polar surface area (TPSA) is 67.9 Å². The summed E-state index contributed by atoms with van der Waals surface area (Å²) in [6.45, 7) is 4.61. The molecule has 3 heterocycles. The minimum Gasteiger partial charge on any atom is -0.382 e. The highest BCUT2D eigenvalue weighted by atomic mass is 35.5. The molecule has 7 heteroatoms. The number of benzene rings is 1. The third-order valence-electron chi connectivity index (χ3n) is 5.77. The maximum Gasteiger partial charge on any atom is 0.230 e. The Kier molecular flexibility index (Phi) is 5.45. The molecule has 2 fully saturated rings. The molecule has 0 radical (unpaired) electrons. The second-order valence-electron chi connectivity index (χ2n) is 7.53. The van der Waals surface area contributed by atoms with E-state index in [2.05, 4.69) is 5.32 Å². The van der Waals surface area contributed by atoms with Gasteiger partial charge in [-0.3, -0.25) is 9.59 Å². The van der Waals surface area contributed by atoms with Gasteiger partial charge in [0.2, 0.25) is 11.8 Å². The van der Waals surface area contributed by atoms with Crippen molar-refractivity contribution in [2.75, 3.05) is 26.3 Å². The third kappa shape index (κ3) is 3.34. The van der Waals surface area contributed by atoms with Gasteiger partial charge in [-0.15, -0.1) is 0 Å². The van der Waals surface area contributed by atoms with E-state index >= 15 is 0 Å². The van der Waals surface area contributed by atoms with Crippen LogP contribution in [-0.2, 0) is 25.6 Å². The number of amides is 2. The highest BCUT2D eigenvalue weighted by Gasteiger charge is 2.66. The Morgan fingerprint density at radius 2 is 2.25 bits per heavy atom. The first-order chi connectivity index (χ1) is 13.6. The summed E-state index contributed by atoms with van der Waals surface area (Å²) in [5, 5.41) is 3.58. The molecule has 2 amide bonds. The van der Waals surface area contributed by atoms with E-state index < -0.39 is 17.4 Å². The first-order valence-electron chi connectivity index (χ1n) is 9.80. The molecule has 3 aliphatic heterocycles. The van der Waals surface area contributed by atoms with E-state index in [0.29, 0.717) is 37.9 Å². The molecule has 3 aliphatic rings. The summed E-state index contributed by atoms with van der Waals surface area (Å²) < 4.78 is 11.4. The van der Waals surface area contributed by atoms with E-state index in [4.69, 9.17) is 21.1 Å². The first-order valence-corrected chi connectivity index (χ1v) is 10.2. The van der Waals surface area contributed by atoms with Gasteiger partial charge in [-0.1, -0.05) is 42.0 Å². The molecule has 4 atom stereocenters. The average Bonchev–Trinajstić information content (AvgIpc) is 3.32. The Hall–Kier alpha value is -1.89. The SMILES string of the molecule is CCOCCCNC(=O)[C@H]1[C@@H]2C=C[C@@]3(CN(Cc4ccccc4Cl)C(=O)[C@H]13)O2. The molecule has 1 spiro atoms. The molecule has 0 aliphatic carbocycles. The first kappa shape index (κ1) is 19.4. The molecular weight excluding hydrogens is 380 g/mol. The van der Waals surface area contributed by atoms with Crippen molar-refractivity contribution >= 4 is 23.4 Å². The van der Waals surface area contributed by atoms with E-state index in [0.717, 1.165) is 12.0 Å². The smallest absolute Gasteiger partial charge is 0.230 e. The Balaban J connectivity index is 1.45. The zero-order chi connectivity index (χ0) is 19.7. The number of nitrogens with zero attached hydrogens (tertiary/aromatic N) is 1. The molecule has 0 unspecified atom stereocenters. The van der Waals surface area contributed by atoms with Crippen LogP contribution in [0, 0.1) is 11.8 Å². The molecule has 1 N–H and O–H groups in total. The van der Waals surface area contributed by atoms with Gasteiger partial charge in [-0.25, -0.2) is 0 Å². The lowest BCUT2D eigenvalue weighted by Crippen LogP contribution is -2.44. The maximum atomic E-state index is 13.2. The van der Waals surface area contributed by atoms with Crippen LogP contribution in [0.1, 0.15) is 18.9 Å². The molecule has 6 nitrogen and oxygen atoms in total. The summed E-state index contributed by atoms with van der Waals surface area (Å²) in [6.07, 6.45) is 4.30. The number of carbonyl (C=O) groups excluding carboxylic acids is 2. The lowest BCUT2D eigenvalue weighted by molar-refractivity contribution is -0.137. The number of likely N-dealkylation sites (tertiary alicyclic amines) is 1. The zero-order valence-electron chi connectivity index (χ0n) is 15.9. The molecule has 1 aromatic carbocycles. The summed E-state index contributed by atoms with van der Waals surface area (Å²) in [5.41, 5.74) is 0.195. The number of halogens is 1. The van der Waals surface area contributed by atoms with Gasteiger partial charge in [0.1, 0.15) is 5.60 Å². The second kappa shape index (κ2) is 7.85. The van der Waals surface area contributed by atoms with Crippen molar-refractivity contribution < 1.29 is 19.1 Å². The normalized spacial score (nSPS) is 30.1. The van der Waals surface area contributed by atoms with Crippen LogP contribution in [0.3, 0.4) is 0 Å². The predicted octanol–water partition coefficient (Wildman–Crippen LogP) is 2.16. The van der Waals surface area contributed by atoms with Gasteiger partial charge in [-0.05, 0) is 25.0 Å². The summed E-state index contributed by atoms with van der Waals surface area (Å²) in [5.74, 6) is -1.12. The molecule has 2 bridgehead atoms. The molecule has 2 saturated heterocycles. The van der Waals surface area contributed by atoms with Gasteiger partial charge in [0, 0.05) is 31.3 Å². The fourth-order valence-corrected chi connectivity index (χ4v) is 4.69. The fraction of sp³-hybridized carbons (Fsp3) is 0.524. The summed E-state index contributed by atoms with van der Waals surface area (Å²) in [6, 6.07) is 7.50. The maximum absolute atomic E-state index is 13.2. The number of ether oxygens (including phenoxy) is 2. The van der Waals surface area contributed by atoms with Crippen molar-refractivity contribution in [2.24, 2.45) is 11.8 Å². The van der Waals surface area contributed by atoms with E-state index in [1.807, 2.05) is 43.3 Å². The highest BCUT2D eigenvalue weighted by Crippen LogP contribution is 2.52. The van der Waals surface area contributed by atoms with Gasteiger partial charge in [0.15, 0.2) is 0 Å². The van der Waals surface area contributed by atoms with Crippen molar-refractivity contribution in [3.8, 4) is 0 Å². The Morgan fingerprint density at radius 3 is 3.04 bits per heavy atom. The summed E-state index contributed by atoms with van der Waals surface area (Å²) in [7, 11) is 0. The van der Waals surface area contributed by atoms with Gasteiger partial charge in [-0.2, -0.15) is 0 Å². The molecule has 28 heavy (non-hydrogen) atoms. The van der Waals surface area contributed by atoms with Gasteiger partial charge in [0.05, 0.1) is 24.5 Å². The number of hydrogen-bond donors (Lipinski definition) is 1. The van der Waals surface area contributed by atoms with Crippen LogP contribution in [0.5, 0.6) is 0 Å². The van der Waals surface area contributed by atoms with E-state index in [-0.39, 0.29) is 17.9 Å². The van der Waals surface area contributed by atoms with E-state index in [1.54, 1.807) is 4.90 Å². The van der Waals surface area contributed by atoms with E-state index in [1.165, 1.54) is 0 Å². The standard InChI is InChI=1S/C21H25ClN2O4/c1-2-27-11-5-10-23-19(25)17-16-8-9-21(28-16)13-24(20(26)18(17)21)12-14-6-3-4-7-15(14)22/h3-4,6-9,16-18H,2,5,10-13H2,1H3,(H,23,25)/t16-,17-,18-,21-/m0/s1. The highest BCUT2D eigenvalue weighted by molar-refractivity contribution is 6.31. The van der Waals surface area contributed by atoms with E-state index in [9.17, 15) is 9.59 Å². The molecule has 4 rings (SSSR count). The minimum absolute atomic E-state index is 0.0405. The van der Waals surface area contributed by atoms with Crippen molar-refractivity contribution in [3.05, 3.63) is 47.0 Å². The second-order valence-corrected chi connectivity index (χ2v) is 7.93. The van der Waals surface area contributed by atoms with Crippen molar-refractivity contribution in [1.29, 1.82) is 0 Å². The van der Waals surface area contributed by atoms with Gasteiger partial charge >= 0.3 is 0 Å². The zero-order valence-corrected chi connectivity index (χ0v) is 16.7. The Bertz CT molecular complexity index is 798. The molecular formula is C21H25ClN2O4. The molecule has 0 saturated carbocycles. The Morgan fingerprint density at radius 1 is 1.43 bits per heavy atom. The van der Waals surface area contributed by atoms with Crippen molar-refractivity contribution in [3.63, 3.8) is 0 Å². The number of hydrogen-bond acceptors (Lipinski definition) is 4. The molecule has 150 valence electrons. The number of nitrogens with one attached hydrogen (secondary N) is 1. The van der Waals surface area contributed by atoms with Crippen molar-refractivity contribution in [1.82, 2.24) is 10.2 Å². The number of fused-ring (bicyclic) bond motifs is 1. The fourth-order valence-electron chi connectivity index (χ4n) is 4.49. The number of rotatable bonds is 8. The minimum atomic E-state index is -0.698. The summed E-state index contributed by atoms with van der Waals surface area (Å²) >= 11 is 6.26. The summed E-state index contributed by atoms with van der Waals surface area (Å²) in [4.78, 5) is 27.8. The lowest BCUT2D eigenvalue weighted by Gasteiger charge is -2.23. The number of carbonyl (C=O) groups is 2.